The maximum Gasteiger partial charge on any atom is 0.168 e. The van der Waals surface area contributed by atoms with Crippen LogP contribution >= 0.6 is 0 Å². The van der Waals surface area contributed by atoms with E-state index in [1.165, 1.54) is 25.7 Å². The number of aromatic amines is 1. The van der Waals surface area contributed by atoms with Crippen molar-refractivity contribution in [2.24, 2.45) is 0 Å². The molecule has 0 aliphatic carbocycles. The predicted octanol–water partition coefficient (Wildman–Crippen LogP) is 2.09. The van der Waals surface area contributed by atoms with Gasteiger partial charge < -0.3 is 11.5 Å². The number of aromatic nitrogens is 2. The van der Waals surface area contributed by atoms with Crippen molar-refractivity contribution in [2.75, 3.05) is 11.5 Å². The minimum Gasteiger partial charge on any atom is -0.394 e. The fourth-order valence-electron chi connectivity index (χ4n) is 1.50. The van der Waals surface area contributed by atoms with Crippen molar-refractivity contribution in [1.29, 1.82) is 0 Å². The van der Waals surface area contributed by atoms with Gasteiger partial charge in [0, 0.05) is 0 Å². The van der Waals surface area contributed by atoms with Crippen LogP contribution in [0.2, 0.25) is 0 Å². The molecule has 5 N–H and O–H groups in total. The first-order chi connectivity index (χ1) is 6.75. The van der Waals surface area contributed by atoms with Gasteiger partial charge in [-0.2, -0.15) is 5.10 Å². The molecule has 0 radical (unpaired) electrons. The second kappa shape index (κ2) is 5.52. The van der Waals surface area contributed by atoms with Crippen molar-refractivity contribution in [3.63, 3.8) is 0 Å². The average molecular weight is 196 g/mol. The van der Waals surface area contributed by atoms with Gasteiger partial charge in [-0.25, -0.2) is 0 Å². The summed E-state index contributed by atoms with van der Waals surface area (Å²) in [6.07, 6.45) is 7.28. The predicted molar refractivity (Wildman–Crippen MR) is 59.9 cm³/mol. The number of anilines is 2. The van der Waals surface area contributed by atoms with Crippen molar-refractivity contribution >= 4 is 11.5 Å². The van der Waals surface area contributed by atoms with Crippen LogP contribution in [0.3, 0.4) is 0 Å². The van der Waals surface area contributed by atoms with E-state index in [2.05, 4.69) is 17.1 Å². The van der Waals surface area contributed by atoms with E-state index in [1.54, 1.807) is 0 Å². The highest BCUT2D eigenvalue weighted by molar-refractivity contribution is 5.61. The zero-order chi connectivity index (χ0) is 10.4. The molecular formula is C10H20N4. The van der Waals surface area contributed by atoms with E-state index in [0.717, 1.165) is 18.5 Å². The van der Waals surface area contributed by atoms with E-state index < -0.39 is 0 Å². The van der Waals surface area contributed by atoms with E-state index in [9.17, 15) is 0 Å². The molecular weight excluding hydrogens is 176 g/mol. The summed E-state index contributed by atoms with van der Waals surface area (Å²) in [6, 6.07) is 0. The Kier molecular flexibility index (Phi) is 4.29. The number of aryl methyl sites for hydroxylation is 1. The van der Waals surface area contributed by atoms with Gasteiger partial charge in [0.1, 0.15) is 0 Å². The summed E-state index contributed by atoms with van der Waals surface area (Å²) >= 11 is 0. The van der Waals surface area contributed by atoms with Gasteiger partial charge in [-0.3, -0.25) is 5.10 Å². The molecule has 0 aliphatic rings. The molecule has 1 rings (SSSR count). The molecule has 0 fully saturated rings. The molecule has 1 aromatic rings. The van der Waals surface area contributed by atoms with Crippen LogP contribution in [0.4, 0.5) is 11.5 Å². The fourth-order valence-corrected chi connectivity index (χ4v) is 1.50. The zero-order valence-electron chi connectivity index (χ0n) is 8.84. The third-order valence-electron chi connectivity index (χ3n) is 2.44. The monoisotopic (exact) mass is 196 g/mol. The first-order valence-corrected chi connectivity index (χ1v) is 5.34. The van der Waals surface area contributed by atoms with Gasteiger partial charge in [-0.1, -0.05) is 32.6 Å². The van der Waals surface area contributed by atoms with E-state index >= 15 is 0 Å². The molecule has 0 amide bonds. The SMILES string of the molecule is CCCCCCCc1[nH]nc(N)c1N. The highest BCUT2D eigenvalue weighted by Crippen LogP contribution is 2.18. The zero-order valence-corrected chi connectivity index (χ0v) is 8.84. The molecule has 0 saturated heterocycles. The maximum absolute atomic E-state index is 5.72. The topological polar surface area (TPSA) is 80.7 Å². The maximum atomic E-state index is 5.72. The Morgan fingerprint density at radius 3 is 2.43 bits per heavy atom. The molecule has 4 nitrogen and oxygen atoms in total. The van der Waals surface area contributed by atoms with Crippen LogP contribution in [0.15, 0.2) is 0 Å². The van der Waals surface area contributed by atoms with E-state index in [1.807, 2.05) is 0 Å². The second-order valence-corrected chi connectivity index (χ2v) is 3.67. The lowest BCUT2D eigenvalue weighted by molar-refractivity contribution is 0.628. The van der Waals surface area contributed by atoms with Gasteiger partial charge in [0.05, 0.1) is 11.4 Å². The highest BCUT2D eigenvalue weighted by atomic mass is 15.2. The second-order valence-electron chi connectivity index (χ2n) is 3.67. The lowest BCUT2D eigenvalue weighted by Crippen LogP contribution is -1.95. The van der Waals surface area contributed by atoms with Crippen molar-refractivity contribution in [3.05, 3.63) is 5.69 Å². The minimum absolute atomic E-state index is 0.425. The van der Waals surface area contributed by atoms with Gasteiger partial charge in [0.25, 0.3) is 0 Å². The third kappa shape index (κ3) is 2.94. The van der Waals surface area contributed by atoms with E-state index in [-0.39, 0.29) is 0 Å². The number of nitrogens with zero attached hydrogens (tertiary/aromatic N) is 1. The van der Waals surface area contributed by atoms with Gasteiger partial charge >= 0.3 is 0 Å². The highest BCUT2D eigenvalue weighted by Gasteiger charge is 2.05. The Bertz CT molecular complexity index is 267. The quantitative estimate of drug-likeness (QED) is 0.609. The molecule has 14 heavy (non-hydrogen) atoms. The van der Waals surface area contributed by atoms with Gasteiger partial charge in [0.2, 0.25) is 0 Å². The molecule has 1 aromatic heterocycles. The van der Waals surface area contributed by atoms with Crippen molar-refractivity contribution in [1.82, 2.24) is 10.2 Å². The summed E-state index contributed by atoms with van der Waals surface area (Å²) in [5.41, 5.74) is 12.9. The average Bonchev–Trinajstić information content (AvgIpc) is 2.49. The summed E-state index contributed by atoms with van der Waals surface area (Å²) in [5, 5.41) is 6.72. The Balaban J connectivity index is 2.21. The molecule has 4 heteroatoms. The van der Waals surface area contributed by atoms with Crippen LogP contribution < -0.4 is 11.5 Å². The van der Waals surface area contributed by atoms with Crippen LogP contribution in [0, 0.1) is 0 Å². The minimum atomic E-state index is 0.425. The summed E-state index contributed by atoms with van der Waals surface area (Å²) < 4.78 is 0. The van der Waals surface area contributed by atoms with Crippen LogP contribution in [0.5, 0.6) is 0 Å². The molecule has 0 aliphatic heterocycles. The third-order valence-corrected chi connectivity index (χ3v) is 2.44. The summed E-state index contributed by atoms with van der Waals surface area (Å²) in [7, 11) is 0. The number of nitrogens with two attached hydrogens (primary N) is 2. The Morgan fingerprint density at radius 1 is 1.14 bits per heavy atom. The number of hydrogen-bond donors (Lipinski definition) is 3. The molecule has 0 unspecified atom stereocenters. The number of unbranched alkanes of at least 4 members (excludes halogenated alkanes) is 4. The van der Waals surface area contributed by atoms with E-state index in [4.69, 9.17) is 11.5 Å². The first-order valence-electron chi connectivity index (χ1n) is 5.34. The molecule has 0 spiro atoms. The van der Waals surface area contributed by atoms with Crippen LogP contribution in [-0.4, -0.2) is 10.2 Å². The molecule has 0 saturated carbocycles. The Hall–Kier alpha value is -1.19. The lowest BCUT2D eigenvalue weighted by Gasteiger charge is -1.99. The largest absolute Gasteiger partial charge is 0.394 e. The number of hydrogen-bond acceptors (Lipinski definition) is 3. The van der Waals surface area contributed by atoms with Crippen molar-refractivity contribution < 1.29 is 0 Å². The normalized spacial score (nSPS) is 10.6. The van der Waals surface area contributed by atoms with Crippen LogP contribution in [0.1, 0.15) is 44.7 Å². The van der Waals surface area contributed by atoms with Gasteiger partial charge in [-0.05, 0) is 12.8 Å². The molecule has 0 atom stereocenters. The first kappa shape index (κ1) is 10.9. The van der Waals surface area contributed by atoms with E-state index in [0.29, 0.717) is 11.5 Å². The molecule has 1 heterocycles. The summed E-state index contributed by atoms with van der Waals surface area (Å²) in [5.74, 6) is 0.425. The number of H-pyrrole nitrogens is 1. The van der Waals surface area contributed by atoms with Gasteiger partial charge in [-0.15, -0.1) is 0 Å². The van der Waals surface area contributed by atoms with Gasteiger partial charge in [0.15, 0.2) is 5.82 Å². The van der Waals surface area contributed by atoms with Crippen LogP contribution in [0.25, 0.3) is 0 Å². The Labute approximate surface area is 85.1 Å². The van der Waals surface area contributed by atoms with Crippen LogP contribution in [-0.2, 0) is 6.42 Å². The van der Waals surface area contributed by atoms with Crippen molar-refractivity contribution in [2.45, 2.75) is 45.4 Å². The number of nitrogens with one attached hydrogen (secondary N) is 1. The standard InChI is InChI=1S/C10H20N4/c1-2-3-4-5-6-7-8-9(11)10(12)14-13-8/h2-7,11H2,1H3,(H3,12,13,14). The smallest absolute Gasteiger partial charge is 0.168 e. The molecule has 0 aromatic carbocycles. The number of rotatable bonds is 6. The summed E-state index contributed by atoms with van der Waals surface area (Å²) in [6.45, 7) is 2.22. The number of nitrogen functional groups attached to an aromatic ring is 2. The molecule has 0 bridgehead atoms. The Morgan fingerprint density at radius 2 is 1.86 bits per heavy atom. The lowest BCUT2D eigenvalue weighted by atomic mass is 10.1. The molecule has 80 valence electrons. The fraction of sp³-hybridized carbons (Fsp3) is 0.700. The van der Waals surface area contributed by atoms with Crippen molar-refractivity contribution in [3.8, 4) is 0 Å². The summed E-state index contributed by atoms with van der Waals surface area (Å²) in [4.78, 5) is 0.